The van der Waals surface area contributed by atoms with Crippen LogP contribution in [0.2, 0.25) is 0 Å². The molecule has 0 radical (unpaired) electrons. The third-order valence-corrected chi connectivity index (χ3v) is 2.06. The Morgan fingerprint density at radius 2 is 1.61 bits per heavy atom. The van der Waals surface area contributed by atoms with E-state index in [4.69, 9.17) is 20.0 Å². The summed E-state index contributed by atoms with van der Waals surface area (Å²) in [5.41, 5.74) is -0.700. The van der Waals surface area contributed by atoms with Crippen LogP contribution in [0.15, 0.2) is 11.1 Å². The summed E-state index contributed by atoms with van der Waals surface area (Å²) in [5, 5.41) is 17.6. The first-order valence-electron chi connectivity index (χ1n) is 5.41. The van der Waals surface area contributed by atoms with Crippen LogP contribution in [0.25, 0.3) is 0 Å². The number of rotatable bonds is 5. The van der Waals surface area contributed by atoms with E-state index in [0.29, 0.717) is 0 Å². The van der Waals surface area contributed by atoms with Gasteiger partial charge in [-0.05, 0) is 20.8 Å². The van der Waals surface area contributed by atoms with Crippen LogP contribution in [0.4, 0.5) is 0 Å². The van der Waals surface area contributed by atoms with E-state index in [1.807, 2.05) is 0 Å². The van der Waals surface area contributed by atoms with Crippen LogP contribution in [0.3, 0.4) is 0 Å². The average molecular weight is 250 g/mol. The molecular weight excluding hydrogens is 236 g/mol. The fourth-order valence-corrected chi connectivity index (χ4v) is 1.23. The van der Waals surface area contributed by atoms with Crippen molar-refractivity contribution < 1.29 is 19.1 Å². The second-order valence-electron chi connectivity index (χ2n) is 3.21. The van der Waals surface area contributed by atoms with Crippen LogP contribution in [0.5, 0.6) is 0 Å². The molecule has 0 rings (SSSR count). The summed E-state index contributed by atoms with van der Waals surface area (Å²) in [5.74, 6) is -2.54. The largest absolute Gasteiger partial charge is 0.466 e. The minimum atomic E-state index is -1.02. The van der Waals surface area contributed by atoms with Gasteiger partial charge in [-0.2, -0.15) is 10.5 Å². The zero-order valence-corrected chi connectivity index (χ0v) is 10.5. The Morgan fingerprint density at radius 1 is 1.11 bits per heavy atom. The van der Waals surface area contributed by atoms with Gasteiger partial charge in [-0.1, -0.05) is 0 Å². The van der Waals surface area contributed by atoms with E-state index in [2.05, 4.69) is 0 Å². The highest BCUT2D eigenvalue weighted by Gasteiger charge is 2.29. The van der Waals surface area contributed by atoms with Gasteiger partial charge in [-0.25, -0.2) is 4.79 Å². The Morgan fingerprint density at radius 3 is 2.00 bits per heavy atom. The highest BCUT2D eigenvalue weighted by molar-refractivity contribution is 5.97. The summed E-state index contributed by atoms with van der Waals surface area (Å²) < 4.78 is 9.48. The molecule has 0 aromatic heterocycles. The second kappa shape index (κ2) is 7.86. The minimum Gasteiger partial charge on any atom is -0.466 e. The molecular formula is C12H14N2O4. The number of esters is 2. The molecule has 18 heavy (non-hydrogen) atoms. The van der Waals surface area contributed by atoms with Gasteiger partial charge >= 0.3 is 11.9 Å². The molecule has 0 saturated carbocycles. The lowest BCUT2D eigenvalue weighted by Crippen LogP contribution is -2.24. The summed E-state index contributed by atoms with van der Waals surface area (Å²) in [7, 11) is 0. The smallest absolute Gasteiger partial charge is 0.336 e. The third-order valence-electron chi connectivity index (χ3n) is 2.06. The van der Waals surface area contributed by atoms with Gasteiger partial charge in [-0.3, -0.25) is 4.79 Å². The Balaban J connectivity index is 5.46. The topological polar surface area (TPSA) is 100 Å². The number of nitriles is 2. The molecule has 0 aliphatic rings. The molecule has 0 aromatic carbocycles. The van der Waals surface area contributed by atoms with Crippen LogP contribution in [-0.4, -0.2) is 25.2 Å². The first kappa shape index (κ1) is 15.7. The van der Waals surface area contributed by atoms with Crippen LogP contribution >= 0.6 is 0 Å². The molecule has 0 heterocycles. The number of carbonyl (C=O) groups excluding carboxylic acids is 2. The molecule has 0 amide bonds. The van der Waals surface area contributed by atoms with Crippen LogP contribution in [0.1, 0.15) is 20.8 Å². The lowest BCUT2D eigenvalue weighted by molar-refractivity contribution is -0.149. The lowest BCUT2D eigenvalue weighted by Gasteiger charge is -2.13. The number of allylic oxidation sites excluding steroid dienone is 1. The molecule has 0 aromatic rings. The van der Waals surface area contributed by atoms with Gasteiger partial charge in [0.2, 0.25) is 0 Å². The molecule has 0 fully saturated rings. The van der Waals surface area contributed by atoms with E-state index in [9.17, 15) is 9.59 Å². The van der Waals surface area contributed by atoms with Crippen molar-refractivity contribution in [2.24, 2.45) is 5.92 Å². The maximum Gasteiger partial charge on any atom is 0.336 e. The van der Waals surface area contributed by atoms with Gasteiger partial charge in [0.1, 0.15) is 17.7 Å². The van der Waals surface area contributed by atoms with Crippen LogP contribution in [0, 0.1) is 28.6 Å². The van der Waals surface area contributed by atoms with E-state index in [-0.39, 0.29) is 18.8 Å². The molecule has 6 nitrogen and oxygen atoms in total. The summed E-state index contributed by atoms with van der Waals surface area (Å²) in [6.07, 6.45) is 0. The number of carbonyl (C=O) groups is 2. The average Bonchev–Trinajstić information content (AvgIpc) is 2.35. The van der Waals surface area contributed by atoms with Gasteiger partial charge in [-0.15, -0.1) is 0 Å². The van der Waals surface area contributed by atoms with Crippen molar-refractivity contribution in [3.63, 3.8) is 0 Å². The van der Waals surface area contributed by atoms with Gasteiger partial charge in [0.05, 0.1) is 24.7 Å². The van der Waals surface area contributed by atoms with Crippen molar-refractivity contribution >= 4 is 11.9 Å². The molecule has 1 unspecified atom stereocenters. The summed E-state index contributed by atoms with van der Waals surface area (Å²) in [6.45, 7) is 4.82. The Kier molecular flexibility index (Phi) is 6.83. The molecule has 0 N–H and O–H groups in total. The van der Waals surface area contributed by atoms with Crippen molar-refractivity contribution in [1.82, 2.24) is 0 Å². The summed E-state index contributed by atoms with van der Waals surface area (Å²) in [4.78, 5) is 23.2. The number of nitrogens with zero attached hydrogens (tertiary/aromatic N) is 2. The number of ether oxygens (including phenoxy) is 2. The predicted octanol–water partition coefficient (Wildman–Crippen LogP) is 1.09. The van der Waals surface area contributed by atoms with E-state index in [0.717, 1.165) is 0 Å². The van der Waals surface area contributed by atoms with Gasteiger partial charge in [0, 0.05) is 0 Å². The molecule has 0 saturated heterocycles. The quantitative estimate of drug-likeness (QED) is 0.411. The van der Waals surface area contributed by atoms with Crippen molar-refractivity contribution in [3.05, 3.63) is 11.1 Å². The van der Waals surface area contributed by atoms with E-state index in [1.54, 1.807) is 26.0 Å². The first-order chi connectivity index (χ1) is 8.53. The highest BCUT2D eigenvalue weighted by atomic mass is 16.5. The maximum absolute atomic E-state index is 11.7. The molecule has 0 bridgehead atoms. The number of hydrogen-bond donors (Lipinski definition) is 0. The summed E-state index contributed by atoms with van der Waals surface area (Å²) in [6, 6.07) is 3.16. The fourth-order valence-electron chi connectivity index (χ4n) is 1.23. The first-order valence-corrected chi connectivity index (χ1v) is 5.41. The Bertz CT molecular complexity index is 424. The standard InChI is InChI=1S/C12H14N2O4/c1-4-17-11(15)8(3)10(9(6-13)7-14)12(16)18-5-2/h8H,4-5H2,1-3H3. The van der Waals surface area contributed by atoms with Gasteiger partial charge in [0.25, 0.3) is 0 Å². The second-order valence-corrected chi connectivity index (χ2v) is 3.21. The Labute approximate surface area is 105 Å². The fraction of sp³-hybridized carbons (Fsp3) is 0.500. The monoisotopic (exact) mass is 250 g/mol. The zero-order chi connectivity index (χ0) is 14.1. The zero-order valence-electron chi connectivity index (χ0n) is 10.5. The highest BCUT2D eigenvalue weighted by Crippen LogP contribution is 2.18. The molecule has 0 aliphatic heterocycles. The van der Waals surface area contributed by atoms with Crippen LogP contribution in [-0.2, 0) is 19.1 Å². The Hall–Kier alpha value is -2.34. The molecule has 1 atom stereocenters. The molecule has 0 spiro atoms. The predicted molar refractivity (Wildman–Crippen MR) is 60.7 cm³/mol. The van der Waals surface area contributed by atoms with Crippen molar-refractivity contribution in [2.75, 3.05) is 13.2 Å². The lowest BCUT2D eigenvalue weighted by atomic mass is 9.96. The third kappa shape index (κ3) is 3.91. The number of hydrogen-bond acceptors (Lipinski definition) is 6. The van der Waals surface area contributed by atoms with Crippen molar-refractivity contribution in [1.29, 1.82) is 10.5 Å². The molecule has 6 heteroatoms. The minimum absolute atomic E-state index is 0.0853. The van der Waals surface area contributed by atoms with E-state index in [1.165, 1.54) is 6.92 Å². The summed E-state index contributed by atoms with van der Waals surface area (Å²) >= 11 is 0. The normalized spacial score (nSPS) is 10.5. The van der Waals surface area contributed by atoms with Gasteiger partial charge in [0.15, 0.2) is 0 Å². The SMILES string of the molecule is CCOC(=O)C(=C(C#N)C#N)C(C)C(=O)OCC. The van der Waals surface area contributed by atoms with E-state index >= 15 is 0 Å². The van der Waals surface area contributed by atoms with Gasteiger partial charge < -0.3 is 9.47 Å². The van der Waals surface area contributed by atoms with Crippen LogP contribution < -0.4 is 0 Å². The molecule has 0 aliphatic carbocycles. The molecule has 96 valence electrons. The van der Waals surface area contributed by atoms with Crippen molar-refractivity contribution in [2.45, 2.75) is 20.8 Å². The van der Waals surface area contributed by atoms with E-state index < -0.39 is 23.4 Å². The van der Waals surface area contributed by atoms with Crippen molar-refractivity contribution in [3.8, 4) is 12.1 Å². The maximum atomic E-state index is 11.7.